The van der Waals surface area contributed by atoms with Crippen LogP contribution in [-0.4, -0.2) is 34.6 Å². The van der Waals surface area contributed by atoms with Crippen molar-refractivity contribution in [3.63, 3.8) is 0 Å². The second-order valence-electron chi connectivity index (χ2n) is 12.2. The van der Waals surface area contributed by atoms with Crippen LogP contribution in [0.25, 0.3) is 22.2 Å². The minimum absolute atomic E-state index is 0.00583. The molecule has 9 nitrogen and oxygen atoms in total. The highest BCUT2D eigenvalue weighted by Gasteiger charge is 2.48. The maximum Gasteiger partial charge on any atom is 0.420 e. The molecule has 5 aromatic rings. The molecule has 2 aromatic carbocycles. The quantitative estimate of drug-likeness (QED) is 0.255. The van der Waals surface area contributed by atoms with Gasteiger partial charge in [0.2, 0.25) is 0 Å². The first-order valence-electron chi connectivity index (χ1n) is 14.3. The number of hydrogen-bond acceptors (Lipinski definition) is 7. The van der Waals surface area contributed by atoms with Crippen LogP contribution in [-0.2, 0) is 34.6 Å². The number of nitrogens with two attached hydrogens (primary N) is 1. The second kappa shape index (κ2) is 11.0. The summed E-state index contributed by atoms with van der Waals surface area (Å²) in [5.41, 5.74) is 7.75. The topological polar surface area (TPSA) is 138 Å². The molecule has 0 aliphatic carbocycles. The number of nitrogens with zero attached hydrogens (tertiary/aromatic N) is 3. The van der Waals surface area contributed by atoms with Gasteiger partial charge in [-0.3, -0.25) is 19.3 Å². The summed E-state index contributed by atoms with van der Waals surface area (Å²) < 4.78 is 61.9. The van der Waals surface area contributed by atoms with Crippen molar-refractivity contribution >= 4 is 26.8 Å². The molecule has 4 heterocycles. The van der Waals surface area contributed by atoms with Crippen molar-refractivity contribution in [3.8, 4) is 11.1 Å². The molecular formula is C33H30F2N4O5S. The molecule has 1 unspecified atom stereocenters. The van der Waals surface area contributed by atoms with E-state index in [1.54, 1.807) is 31.2 Å². The number of amides is 1. The fraction of sp³-hybridized carbons (Fsp3) is 0.273. The lowest BCUT2D eigenvalue weighted by Gasteiger charge is -2.25. The average molecular weight is 633 g/mol. The van der Waals surface area contributed by atoms with E-state index in [9.17, 15) is 26.8 Å². The van der Waals surface area contributed by atoms with E-state index in [0.717, 1.165) is 11.8 Å². The Balaban J connectivity index is 1.57. The third-order valence-corrected chi connectivity index (χ3v) is 10.1. The van der Waals surface area contributed by atoms with Gasteiger partial charge in [0.15, 0.2) is 15.4 Å². The predicted octanol–water partition coefficient (Wildman–Crippen LogP) is 4.96. The van der Waals surface area contributed by atoms with E-state index in [2.05, 4.69) is 4.98 Å². The van der Waals surface area contributed by atoms with Gasteiger partial charge in [-0.1, -0.05) is 39.0 Å². The number of carbonyl (C=O) groups excluding carboxylic acids is 1. The van der Waals surface area contributed by atoms with E-state index in [1.165, 1.54) is 34.9 Å². The van der Waals surface area contributed by atoms with Crippen LogP contribution in [0.3, 0.4) is 0 Å². The molecule has 1 aliphatic heterocycles. The first kappa shape index (κ1) is 30.3. The van der Waals surface area contributed by atoms with Crippen molar-refractivity contribution in [1.29, 1.82) is 0 Å². The van der Waals surface area contributed by atoms with Crippen molar-refractivity contribution < 1.29 is 26.4 Å². The lowest BCUT2D eigenvalue weighted by Crippen LogP contribution is -2.29. The maximum absolute atomic E-state index is 14.0. The first-order chi connectivity index (χ1) is 21.3. The summed E-state index contributed by atoms with van der Waals surface area (Å²) in [5, 5.41) is 0. The summed E-state index contributed by atoms with van der Waals surface area (Å²) in [6.07, 6.45) is 1.66. The number of fused-ring (bicyclic) bond motifs is 2. The summed E-state index contributed by atoms with van der Waals surface area (Å²) in [4.78, 5) is 34.7. The third kappa shape index (κ3) is 5.54. The molecule has 0 saturated heterocycles. The number of halogens is 2. The molecule has 3 aromatic heterocycles. The van der Waals surface area contributed by atoms with Crippen LogP contribution in [0.5, 0.6) is 0 Å². The zero-order valence-corrected chi connectivity index (χ0v) is 25.6. The number of primary amides is 1. The van der Waals surface area contributed by atoms with Gasteiger partial charge in [-0.2, -0.15) is 0 Å². The smallest absolute Gasteiger partial charge is 0.408 e. The highest BCUT2D eigenvalue weighted by Crippen LogP contribution is 2.47. The Morgan fingerprint density at radius 3 is 2.44 bits per heavy atom. The number of pyridine rings is 2. The van der Waals surface area contributed by atoms with Crippen LogP contribution in [0.15, 0.2) is 74.9 Å². The number of benzene rings is 2. The van der Waals surface area contributed by atoms with Gasteiger partial charge in [0, 0.05) is 11.0 Å². The Bertz CT molecular complexity index is 2140. The number of oxazole rings is 1. The molecule has 1 aliphatic rings. The normalized spacial score (nSPS) is 17.2. The van der Waals surface area contributed by atoms with Crippen LogP contribution < -0.4 is 11.5 Å². The first-order valence-corrected chi connectivity index (χ1v) is 16.0. The summed E-state index contributed by atoms with van der Waals surface area (Å²) in [6.45, 7) is 5.71. The van der Waals surface area contributed by atoms with Gasteiger partial charge in [-0.15, -0.1) is 0 Å². The van der Waals surface area contributed by atoms with E-state index in [1.807, 2.05) is 13.8 Å². The third-order valence-electron chi connectivity index (χ3n) is 8.04. The van der Waals surface area contributed by atoms with E-state index >= 15 is 0 Å². The molecule has 0 radical (unpaired) electrons. The minimum atomic E-state index is -4.00. The fourth-order valence-electron chi connectivity index (χ4n) is 6.19. The molecule has 2 N–H and O–H groups in total. The lowest BCUT2D eigenvalue weighted by atomic mass is 9.80. The molecule has 12 heteroatoms. The Labute approximate surface area is 257 Å². The van der Waals surface area contributed by atoms with Crippen molar-refractivity contribution in [1.82, 2.24) is 14.5 Å². The summed E-state index contributed by atoms with van der Waals surface area (Å²) in [6, 6.07) is 13.3. The molecule has 45 heavy (non-hydrogen) atoms. The van der Waals surface area contributed by atoms with Crippen molar-refractivity contribution in [2.45, 2.75) is 50.5 Å². The van der Waals surface area contributed by atoms with Crippen molar-refractivity contribution in [2.24, 2.45) is 11.7 Å². The number of carbonyl (C=O) groups is 1. The van der Waals surface area contributed by atoms with E-state index in [0.29, 0.717) is 34.6 Å². The molecule has 0 bridgehead atoms. The SMILES string of the molecule is CC(C)Cc1nc2c(c(-c3ccc4c(c3)oc(=O)n4Cc3ccc(F)cn3)c1C(N)=O)S(=O)(=O)CC2(C)Cc1ccc(F)cc1. The predicted molar refractivity (Wildman–Crippen MR) is 164 cm³/mol. The largest absolute Gasteiger partial charge is 0.420 e. The molecule has 0 saturated carbocycles. The minimum Gasteiger partial charge on any atom is -0.408 e. The van der Waals surface area contributed by atoms with Gasteiger partial charge in [0.25, 0.3) is 5.91 Å². The van der Waals surface area contributed by atoms with Crippen LogP contribution in [0.2, 0.25) is 0 Å². The number of aromatic nitrogens is 3. The molecule has 1 atom stereocenters. The van der Waals surface area contributed by atoms with Crippen LogP contribution >= 0.6 is 0 Å². The maximum atomic E-state index is 14.0. The van der Waals surface area contributed by atoms with Crippen molar-refractivity contribution in [3.05, 3.63) is 111 Å². The number of sulfone groups is 1. The Morgan fingerprint density at radius 1 is 1.09 bits per heavy atom. The lowest BCUT2D eigenvalue weighted by molar-refractivity contribution is 0.0999. The monoisotopic (exact) mass is 632 g/mol. The molecule has 232 valence electrons. The van der Waals surface area contributed by atoms with E-state index in [-0.39, 0.29) is 46.2 Å². The number of hydrogen-bond donors (Lipinski definition) is 1. The fourth-order valence-corrected chi connectivity index (χ4v) is 8.53. The second-order valence-corrected chi connectivity index (χ2v) is 14.1. The number of rotatable bonds is 8. The van der Waals surface area contributed by atoms with Crippen LogP contribution in [0.4, 0.5) is 8.78 Å². The van der Waals surface area contributed by atoms with Gasteiger partial charge < -0.3 is 10.2 Å². The van der Waals surface area contributed by atoms with Gasteiger partial charge in [-0.25, -0.2) is 22.0 Å². The van der Waals surface area contributed by atoms with E-state index < -0.39 is 38.5 Å². The Kier molecular flexibility index (Phi) is 7.43. The average Bonchev–Trinajstić information content (AvgIpc) is 3.37. The highest BCUT2D eigenvalue weighted by molar-refractivity contribution is 7.92. The standard InChI is InChI=1S/C33H30F2N4O5S/c1-18(2)12-24-28(31(36)40)27(29-30(38-24)33(3,17-45(29,42)43)14-19-4-7-21(34)8-5-19)20-6-11-25-26(13-20)44-32(41)39(25)16-23-10-9-22(35)15-37-23/h4-11,13,15,18H,12,14,16-17H2,1-3H3,(H2,36,40). The molecular weight excluding hydrogens is 602 g/mol. The Morgan fingerprint density at radius 2 is 1.80 bits per heavy atom. The van der Waals surface area contributed by atoms with Gasteiger partial charge in [-0.05, 0) is 66.3 Å². The Hall–Kier alpha value is -4.71. The molecule has 1 amide bonds. The molecule has 0 fully saturated rings. The summed E-state index contributed by atoms with van der Waals surface area (Å²) in [5.74, 6) is -2.67. The van der Waals surface area contributed by atoms with Crippen LogP contribution in [0.1, 0.15) is 53.8 Å². The zero-order valence-electron chi connectivity index (χ0n) is 24.8. The summed E-state index contributed by atoms with van der Waals surface area (Å²) >= 11 is 0. The van der Waals surface area contributed by atoms with Crippen molar-refractivity contribution in [2.75, 3.05) is 5.75 Å². The molecule has 0 spiro atoms. The van der Waals surface area contributed by atoms with Gasteiger partial charge in [0.05, 0.1) is 51.6 Å². The highest BCUT2D eigenvalue weighted by atomic mass is 32.2. The zero-order chi connectivity index (χ0) is 32.3. The van der Waals surface area contributed by atoms with Crippen LogP contribution in [0, 0.1) is 17.6 Å². The van der Waals surface area contributed by atoms with E-state index in [4.69, 9.17) is 15.1 Å². The molecule has 6 rings (SSSR count). The van der Waals surface area contributed by atoms with Gasteiger partial charge in [0.1, 0.15) is 11.6 Å². The summed E-state index contributed by atoms with van der Waals surface area (Å²) in [7, 11) is -4.00. The van der Waals surface area contributed by atoms with Gasteiger partial charge >= 0.3 is 5.76 Å².